The second-order valence-electron chi connectivity index (χ2n) is 8.96. The summed E-state index contributed by atoms with van der Waals surface area (Å²) in [6.45, 7) is 6.16. The van der Waals surface area contributed by atoms with Gasteiger partial charge in [0.25, 0.3) is 5.91 Å². The molecule has 6 heteroatoms. The van der Waals surface area contributed by atoms with Crippen LogP contribution in [0.2, 0.25) is 0 Å². The summed E-state index contributed by atoms with van der Waals surface area (Å²) in [4.78, 5) is 19.9. The topological polar surface area (TPSA) is 58.9 Å². The molecule has 4 aromatic rings. The normalized spacial score (nSPS) is 13.9. The Morgan fingerprint density at radius 3 is 2.68 bits per heavy atom. The molecule has 5 rings (SSSR count). The van der Waals surface area contributed by atoms with Crippen molar-refractivity contribution in [2.45, 2.75) is 39.5 Å². The monoisotopic (exact) mass is 454 g/mol. The Hall–Kier alpha value is -3.64. The van der Waals surface area contributed by atoms with E-state index in [1.807, 2.05) is 53.2 Å². The number of carbonyl (C=O) groups is 1. The van der Waals surface area contributed by atoms with E-state index in [-0.39, 0.29) is 5.91 Å². The van der Waals surface area contributed by atoms with E-state index in [4.69, 9.17) is 4.74 Å². The van der Waals surface area contributed by atoms with Crippen LogP contribution >= 0.6 is 0 Å². The van der Waals surface area contributed by atoms with Gasteiger partial charge in [-0.2, -0.15) is 0 Å². The van der Waals surface area contributed by atoms with Gasteiger partial charge in [-0.1, -0.05) is 36.4 Å². The maximum absolute atomic E-state index is 12.9. The van der Waals surface area contributed by atoms with E-state index in [9.17, 15) is 4.79 Å². The van der Waals surface area contributed by atoms with Crippen LogP contribution in [0.1, 0.15) is 45.6 Å². The summed E-state index contributed by atoms with van der Waals surface area (Å²) in [7, 11) is 0. The SMILES string of the molecule is Cc1ccc2nc(COc3cccc(C(=O)NCc4ccccc4CN4CCCC4)c3)cn2c1. The van der Waals surface area contributed by atoms with Crippen LogP contribution in [0.15, 0.2) is 73.1 Å². The van der Waals surface area contributed by atoms with Gasteiger partial charge in [-0.05, 0) is 73.8 Å². The molecule has 0 atom stereocenters. The van der Waals surface area contributed by atoms with Gasteiger partial charge >= 0.3 is 0 Å². The van der Waals surface area contributed by atoms with E-state index in [2.05, 4.69) is 40.3 Å². The highest BCUT2D eigenvalue weighted by molar-refractivity contribution is 5.94. The van der Waals surface area contributed by atoms with Gasteiger partial charge in [0.2, 0.25) is 0 Å². The van der Waals surface area contributed by atoms with Crippen molar-refractivity contribution < 1.29 is 9.53 Å². The molecule has 0 spiro atoms. The van der Waals surface area contributed by atoms with Crippen LogP contribution in [-0.2, 0) is 19.7 Å². The number of ether oxygens (including phenoxy) is 1. The van der Waals surface area contributed by atoms with E-state index in [1.54, 1.807) is 6.07 Å². The lowest BCUT2D eigenvalue weighted by molar-refractivity contribution is 0.0950. The third-order valence-electron chi connectivity index (χ3n) is 6.28. The molecule has 1 N–H and O–H groups in total. The second-order valence-corrected chi connectivity index (χ2v) is 8.96. The van der Waals surface area contributed by atoms with Crippen molar-refractivity contribution in [2.75, 3.05) is 13.1 Å². The molecule has 1 fully saturated rings. The van der Waals surface area contributed by atoms with Crippen molar-refractivity contribution in [1.29, 1.82) is 0 Å². The molecule has 174 valence electrons. The lowest BCUT2D eigenvalue weighted by Gasteiger charge is -2.17. The van der Waals surface area contributed by atoms with Crippen molar-refractivity contribution in [1.82, 2.24) is 19.6 Å². The molecule has 6 nitrogen and oxygen atoms in total. The van der Waals surface area contributed by atoms with Crippen LogP contribution in [0.3, 0.4) is 0 Å². The zero-order valence-corrected chi connectivity index (χ0v) is 19.5. The lowest BCUT2D eigenvalue weighted by atomic mass is 10.1. The molecular formula is C28H30N4O2. The van der Waals surface area contributed by atoms with Crippen LogP contribution in [0, 0.1) is 6.92 Å². The molecule has 2 aromatic carbocycles. The molecule has 1 saturated heterocycles. The number of aryl methyl sites for hydroxylation is 1. The predicted octanol–water partition coefficient (Wildman–Crippen LogP) is 4.75. The number of hydrogen-bond acceptors (Lipinski definition) is 4. The second kappa shape index (κ2) is 10.1. The number of carbonyl (C=O) groups excluding carboxylic acids is 1. The van der Waals surface area contributed by atoms with E-state index in [0.29, 0.717) is 24.5 Å². The predicted molar refractivity (Wildman–Crippen MR) is 133 cm³/mol. The minimum absolute atomic E-state index is 0.107. The minimum atomic E-state index is -0.107. The van der Waals surface area contributed by atoms with Crippen LogP contribution in [0.5, 0.6) is 5.75 Å². The molecule has 1 aliphatic rings. The highest BCUT2D eigenvalue weighted by atomic mass is 16.5. The molecule has 1 amide bonds. The fourth-order valence-electron chi connectivity index (χ4n) is 4.45. The Kier molecular flexibility index (Phi) is 6.58. The summed E-state index contributed by atoms with van der Waals surface area (Å²) in [5, 5.41) is 3.08. The number of hydrogen-bond donors (Lipinski definition) is 1. The lowest BCUT2D eigenvalue weighted by Crippen LogP contribution is -2.25. The third kappa shape index (κ3) is 5.29. The van der Waals surface area contributed by atoms with E-state index in [0.717, 1.165) is 36.5 Å². The highest BCUT2D eigenvalue weighted by Crippen LogP contribution is 2.18. The van der Waals surface area contributed by atoms with E-state index < -0.39 is 0 Å². The van der Waals surface area contributed by atoms with Crippen LogP contribution < -0.4 is 10.1 Å². The molecule has 1 aliphatic heterocycles. The van der Waals surface area contributed by atoms with Gasteiger partial charge in [0.05, 0.1) is 5.69 Å². The number of amides is 1. The number of rotatable bonds is 8. The molecule has 3 heterocycles. The van der Waals surface area contributed by atoms with Gasteiger partial charge in [0.1, 0.15) is 18.0 Å². The quantitative estimate of drug-likeness (QED) is 0.418. The smallest absolute Gasteiger partial charge is 0.251 e. The Morgan fingerprint density at radius 1 is 1.00 bits per heavy atom. The summed E-state index contributed by atoms with van der Waals surface area (Å²) in [5.41, 5.74) is 5.94. The summed E-state index contributed by atoms with van der Waals surface area (Å²) in [6.07, 6.45) is 6.56. The van der Waals surface area contributed by atoms with Gasteiger partial charge in [-0.25, -0.2) is 4.98 Å². The van der Waals surface area contributed by atoms with Crippen molar-refractivity contribution in [3.05, 3.63) is 101 Å². The summed E-state index contributed by atoms with van der Waals surface area (Å²) in [6, 6.07) is 19.7. The summed E-state index contributed by atoms with van der Waals surface area (Å²) in [5.74, 6) is 0.542. The van der Waals surface area contributed by atoms with Gasteiger partial charge in [-0.3, -0.25) is 9.69 Å². The number of benzene rings is 2. The van der Waals surface area contributed by atoms with Gasteiger partial charge in [0.15, 0.2) is 0 Å². The zero-order valence-electron chi connectivity index (χ0n) is 19.5. The van der Waals surface area contributed by atoms with Gasteiger partial charge in [0, 0.05) is 31.0 Å². The Morgan fingerprint density at radius 2 is 1.82 bits per heavy atom. The van der Waals surface area contributed by atoms with Gasteiger partial charge in [-0.15, -0.1) is 0 Å². The van der Waals surface area contributed by atoms with Crippen molar-refractivity contribution >= 4 is 11.6 Å². The van der Waals surface area contributed by atoms with Gasteiger partial charge < -0.3 is 14.5 Å². The average molecular weight is 455 g/mol. The molecular weight excluding hydrogens is 424 g/mol. The molecule has 0 unspecified atom stereocenters. The maximum atomic E-state index is 12.9. The first-order valence-electron chi connectivity index (χ1n) is 11.9. The fraction of sp³-hybridized carbons (Fsp3) is 0.286. The van der Waals surface area contributed by atoms with Crippen LogP contribution in [0.4, 0.5) is 0 Å². The summed E-state index contributed by atoms with van der Waals surface area (Å²) < 4.78 is 7.94. The van der Waals surface area contributed by atoms with Crippen molar-refractivity contribution in [3.63, 3.8) is 0 Å². The highest BCUT2D eigenvalue weighted by Gasteiger charge is 2.14. The zero-order chi connectivity index (χ0) is 23.3. The summed E-state index contributed by atoms with van der Waals surface area (Å²) >= 11 is 0. The Balaban J connectivity index is 1.20. The van der Waals surface area contributed by atoms with Crippen molar-refractivity contribution in [3.8, 4) is 5.75 Å². The number of fused-ring (bicyclic) bond motifs is 1. The number of likely N-dealkylation sites (tertiary alicyclic amines) is 1. The number of nitrogens with zero attached hydrogens (tertiary/aromatic N) is 3. The molecule has 0 bridgehead atoms. The maximum Gasteiger partial charge on any atom is 0.251 e. The average Bonchev–Trinajstić information content (AvgIpc) is 3.51. The standard InChI is InChI=1S/C28H30N4O2/c1-21-11-12-27-30-25(19-32(27)17-21)20-34-26-10-6-9-22(15-26)28(33)29-16-23-7-2-3-8-24(23)18-31-13-4-5-14-31/h2-3,6-12,15,17,19H,4-5,13-14,16,18,20H2,1H3,(H,29,33). The number of imidazole rings is 1. The molecule has 0 radical (unpaired) electrons. The first-order valence-corrected chi connectivity index (χ1v) is 11.9. The fourth-order valence-corrected chi connectivity index (χ4v) is 4.45. The van der Waals surface area contributed by atoms with Crippen LogP contribution in [0.25, 0.3) is 5.65 Å². The minimum Gasteiger partial charge on any atom is -0.487 e. The largest absolute Gasteiger partial charge is 0.487 e. The number of pyridine rings is 1. The number of aromatic nitrogens is 2. The van der Waals surface area contributed by atoms with E-state index >= 15 is 0 Å². The van der Waals surface area contributed by atoms with Crippen LogP contribution in [-0.4, -0.2) is 33.3 Å². The first kappa shape index (κ1) is 22.2. The van der Waals surface area contributed by atoms with Crippen molar-refractivity contribution in [2.24, 2.45) is 0 Å². The molecule has 2 aromatic heterocycles. The van der Waals surface area contributed by atoms with E-state index in [1.165, 1.54) is 24.0 Å². The molecule has 0 saturated carbocycles. The molecule has 34 heavy (non-hydrogen) atoms. The number of nitrogens with one attached hydrogen (secondary N) is 1. The molecule has 0 aliphatic carbocycles. The third-order valence-corrected chi connectivity index (χ3v) is 6.28. The first-order chi connectivity index (χ1) is 16.6. The Labute approximate surface area is 200 Å². The Bertz CT molecular complexity index is 1290.